The average Bonchev–Trinajstić information content (AvgIpc) is 2.86. The minimum atomic E-state index is -0.201. The van der Waals surface area contributed by atoms with Gasteiger partial charge in [0.2, 0.25) is 0 Å². The molecule has 0 unspecified atom stereocenters. The van der Waals surface area contributed by atoms with Crippen LogP contribution in [0.5, 0.6) is 0 Å². The van der Waals surface area contributed by atoms with Gasteiger partial charge in [0.05, 0.1) is 5.56 Å². The van der Waals surface area contributed by atoms with Gasteiger partial charge in [0.15, 0.2) is 0 Å². The van der Waals surface area contributed by atoms with E-state index in [-0.39, 0.29) is 5.82 Å². The van der Waals surface area contributed by atoms with E-state index in [9.17, 15) is 4.39 Å². The lowest BCUT2D eigenvalue weighted by atomic mass is 10.2. The SMILES string of the molecule is CSc1cccc(F)c1-c1ncc(CNCC(C)C)s1. The first-order valence-electron chi connectivity index (χ1n) is 6.60. The number of thiazole rings is 1. The number of nitrogens with zero attached hydrogens (tertiary/aromatic N) is 1. The summed E-state index contributed by atoms with van der Waals surface area (Å²) in [5.74, 6) is 0.421. The maximum atomic E-state index is 14.0. The Hall–Kier alpha value is -0.910. The fraction of sp³-hybridized carbons (Fsp3) is 0.400. The molecule has 2 aromatic rings. The summed E-state index contributed by atoms with van der Waals surface area (Å²) in [6.07, 6.45) is 3.79. The van der Waals surface area contributed by atoms with E-state index < -0.39 is 0 Å². The lowest BCUT2D eigenvalue weighted by Crippen LogP contribution is -2.18. The summed E-state index contributed by atoms with van der Waals surface area (Å²) in [5.41, 5.74) is 0.625. The number of hydrogen-bond donors (Lipinski definition) is 1. The predicted molar refractivity (Wildman–Crippen MR) is 85.8 cm³/mol. The molecule has 5 heteroatoms. The second-order valence-corrected chi connectivity index (χ2v) is 6.94. The van der Waals surface area contributed by atoms with Crippen LogP contribution in [0.2, 0.25) is 0 Å². The average molecular weight is 310 g/mol. The first-order chi connectivity index (χ1) is 9.61. The van der Waals surface area contributed by atoms with Crippen molar-refractivity contribution in [3.8, 4) is 10.6 Å². The molecule has 0 saturated carbocycles. The highest BCUT2D eigenvalue weighted by molar-refractivity contribution is 7.98. The zero-order valence-electron chi connectivity index (χ0n) is 11.9. The molecule has 1 heterocycles. The van der Waals surface area contributed by atoms with Gasteiger partial charge in [-0.2, -0.15) is 0 Å². The molecule has 0 spiro atoms. The van der Waals surface area contributed by atoms with Gasteiger partial charge in [-0.25, -0.2) is 9.37 Å². The van der Waals surface area contributed by atoms with Crippen LogP contribution in [0.15, 0.2) is 29.3 Å². The van der Waals surface area contributed by atoms with E-state index in [0.717, 1.165) is 27.9 Å². The molecule has 20 heavy (non-hydrogen) atoms. The molecule has 2 nitrogen and oxygen atoms in total. The molecule has 0 saturated heterocycles. The van der Waals surface area contributed by atoms with E-state index in [1.54, 1.807) is 29.2 Å². The van der Waals surface area contributed by atoms with Gasteiger partial charge in [-0.15, -0.1) is 23.1 Å². The normalized spacial score (nSPS) is 11.2. The van der Waals surface area contributed by atoms with Crippen molar-refractivity contribution >= 4 is 23.1 Å². The Morgan fingerprint density at radius 2 is 2.20 bits per heavy atom. The fourth-order valence-electron chi connectivity index (χ4n) is 1.87. The van der Waals surface area contributed by atoms with E-state index in [1.165, 1.54) is 6.07 Å². The van der Waals surface area contributed by atoms with E-state index in [0.29, 0.717) is 11.5 Å². The maximum Gasteiger partial charge on any atom is 0.134 e. The van der Waals surface area contributed by atoms with Crippen molar-refractivity contribution in [2.45, 2.75) is 25.3 Å². The number of aromatic nitrogens is 1. The second kappa shape index (κ2) is 7.20. The monoisotopic (exact) mass is 310 g/mol. The third-order valence-corrected chi connectivity index (χ3v) is 4.61. The third-order valence-electron chi connectivity index (χ3n) is 2.81. The number of rotatable bonds is 6. The first-order valence-corrected chi connectivity index (χ1v) is 8.64. The summed E-state index contributed by atoms with van der Waals surface area (Å²) in [6, 6.07) is 5.16. The number of thioether (sulfide) groups is 1. The molecule has 0 aliphatic carbocycles. The van der Waals surface area contributed by atoms with Crippen LogP contribution in [-0.2, 0) is 6.54 Å². The van der Waals surface area contributed by atoms with Crippen LogP contribution in [-0.4, -0.2) is 17.8 Å². The topological polar surface area (TPSA) is 24.9 Å². The molecule has 0 aliphatic rings. The Balaban J connectivity index is 2.16. The smallest absolute Gasteiger partial charge is 0.134 e. The van der Waals surface area contributed by atoms with Gasteiger partial charge < -0.3 is 5.32 Å². The lowest BCUT2D eigenvalue weighted by molar-refractivity contribution is 0.554. The van der Waals surface area contributed by atoms with E-state index >= 15 is 0 Å². The van der Waals surface area contributed by atoms with Crippen LogP contribution in [0.4, 0.5) is 4.39 Å². The minimum Gasteiger partial charge on any atom is -0.312 e. The summed E-state index contributed by atoms with van der Waals surface area (Å²) in [6.45, 7) is 6.12. The van der Waals surface area contributed by atoms with E-state index in [1.807, 2.05) is 18.5 Å². The highest BCUT2D eigenvalue weighted by Crippen LogP contribution is 2.34. The van der Waals surface area contributed by atoms with Crippen LogP contribution >= 0.6 is 23.1 Å². The molecule has 0 fully saturated rings. The highest BCUT2D eigenvalue weighted by atomic mass is 32.2. The van der Waals surface area contributed by atoms with Crippen molar-refractivity contribution in [2.75, 3.05) is 12.8 Å². The van der Waals surface area contributed by atoms with Gasteiger partial charge in [-0.05, 0) is 30.9 Å². The summed E-state index contributed by atoms with van der Waals surface area (Å²) in [7, 11) is 0. The summed E-state index contributed by atoms with van der Waals surface area (Å²) in [5, 5.41) is 4.14. The van der Waals surface area contributed by atoms with Crippen molar-refractivity contribution < 1.29 is 4.39 Å². The number of halogens is 1. The minimum absolute atomic E-state index is 0.201. The molecule has 0 amide bonds. The molecule has 2 rings (SSSR count). The molecule has 0 aliphatic heterocycles. The fourth-order valence-corrected chi connectivity index (χ4v) is 3.49. The zero-order valence-corrected chi connectivity index (χ0v) is 13.6. The molecule has 108 valence electrons. The zero-order chi connectivity index (χ0) is 14.5. The van der Waals surface area contributed by atoms with Gasteiger partial charge in [0.1, 0.15) is 10.8 Å². The third kappa shape index (κ3) is 3.81. The summed E-state index contributed by atoms with van der Waals surface area (Å²) >= 11 is 3.10. The van der Waals surface area contributed by atoms with Gasteiger partial charge in [-0.1, -0.05) is 19.9 Å². The largest absolute Gasteiger partial charge is 0.312 e. The Kier molecular flexibility index (Phi) is 5.57. The molecule has 1 N–H and O–H groups in total. The number of hydrogen-bond acceptors (Lipinski definition) is 4. The number of nitrogens with one attached hydrogen (secondary N) is 1. The van der Waals surface area contributed by atoms with Gasteiger partial charge in [-0.3, -0.25) is 0 Å². The first kappa shape index (κ1) is 15.5. The van der Waals surface area contributed by atoms with Crippen molar-refractivity contribution in [2.24, 2.45) is 5.92 Å². The van der Waals surface area contributed by atoms with Crippen LogP contribution in [0.25, 0.3) is 10.6 Å². The predicted octanol–water partition coefficient (Wildman–Crippen LogP) is 4.42. The van der Waals surface area contributed by atoms with Crippen molar-refractivity contribution in [1.82, 2.24) is 10.3 Å². The highest BCUT2D eigenvalue weighted by Gasteiger charge is 2.14. The van der Waals surface area contributed by atoms with Crippen molar-refractivity contribution in [3.05, 3.63) is 35.1 Å². The van der Waals surface area contributed by atoms with Gasteiger partial charge in [0, 0.05) is 22.5 Å². The summed E-state index contributed by atoms with van der Waals surface area (Å²) in [4.78, 5) is 6.45. The number of benzene rings is 1. The summed E-state index contributed by atoms with van der Waals surface area (Å²) < 4.78 is 14.0. The molecule has 0 atom stereocenters. The van der Waals surface area contributed by atoms with Crippen LogP contribution < -0.4 is 5.32 Å². The molecule has 1 aromatic heterocycles. The Labute approximate surface area is 127 Å². The van der Waals surface area contributed by atoms with Crippen molar-refractivity contribution in [3.63, 3.8) is 0 Å². The Morgan fingerprint density at radius 3 is 2.90 bits per heavy atom. The Morgan fingerprint density at radius 1 is 1.40 bits per heavy atom. The molecule has 0 bridgehead atoms. The quantitative estimate of drug-likeness (QED) is 0.800. The van der Waals surface area contributed by atoms with Gasteiger partial charge in [0.25, 0.3) is 0 Å². The standard InChI is InChI=1S/C15H19FN2S2/c1-10(2)7-17-8-11-9-18-15(20-11)14-12(16)5-4-6-13(14)19-3/h4-6,9-10,17H,7-8H2,1-3H3. The van der Waals surface area contributed by atoms with E-state index in [2.05, 4.69) is 24.1 Å². The maximum absolute atomic E-state index is 14.0. The molecule has 0 radical (unpaired) electrons. The van der Waals surface area contributed by atoms with E-state index in [4.69, 9.17) is 0 Å². The second-order valence-electron chi connectivity index (χ2n) is 4.97. The molecular formula is C15H19FN2S2. The molecule has 1 aromatic carbocycles. The van der Waals surface area contributed by atoms with Crippen molar-refractivity contribution in [1.29, 1.82) is 0 Å². The van der Waals surface area contributed by atoms with Gasteiger partial charge >= 0.3 is 0 Å². The lowest BCUT2D eigenvalue weighted by Gasteiger charge is -2.06. The molecular weight excluding hydrogens is 291 g/mol. The Bertz CT molecular complexity index is 567. The van der Waals surface area contributed by atoms with Crippen LogP contribution in [0.1, 0.15) is 18.7 Å². The van der Waals surface area contributed by atoms with Crippen LogP contribution in [0, 0.1) is 11.7 Å². The van der Waals surface area contributed by atoms with Crippen LogP contribution in [0.3, 0.4) is 0 Å².